The molecule has 17 heavy (non-hydrogen) atoms. The Morgan fingerprint density at radius 2 is 1.18 bits per heavy atom. The molecule has 0 aromatic carbocycles. The summed E-state index contributed by atoms with van der Waals surface area (Å²) in [5.41, 5.74) is 0. The van der Waals surface area contributed by atoms with Crippen LogP contribution in [0.3, 0.4) is 0 Å². The monoisotopic (exact) mass is 284 g/mol. The molecule has 2 rings (SSSR count). The average Bonchev–Trinajstić information content (AvgIpc) is 2.91. The van der Waals surface area contributed by atoms with E-state index >= 15 is 0 Å². The fraction of sp³-hybridized carbons (Fsp3) is 0.167. The second-order valence-corrected chi connectivity index (χ2v) is 3.12. The van der Waals surface area contributed by atoms with E-state index in [-0.39, 0.29) is 23.0 Å². The largest absolute Gasteiger partial charge is 2.00 e. The number of rotatable bonds is 1. The first-order valence-corrected chi connectivity index (χ1v) is 4.65. The van der Waals surface area contributed by atoms with Crippen molar-refractivity contribution in [2.45, 2.75) is 12.3 Å². The van der Waals surface area contributed by atoms with Gasteiger partial charge in [-0.1, -0.05) is 0 Å². The third-order valence-electron chi connectivity index (χ3n) is 1.87. The van der Waals surface area contributed by atoms with Gasteiger partial charge in [0.2, 0.25) is 0 Å². The maximum atomic E-state index is 11.8. The number of hydrogen-bond acceptors (Lipinski definition) is 1. The van der Waals surface area contributed by atoms with E-state index in [1.54, 1.807) is 0 Å². The Morgan fingerprint density at radius 3 is 1.47 bits per heavy atom. The van der Waals surface area contributed by atoms with Crippen molar-refractivity contribution < 1.29 is 35.3 Å². The zero-order chi connectivity index (χ0) is 12.0. The first-order chi connectivity index (χ1) is 7.52. The van der Waals surface area contributed by atoms with Crippen LogP contribution in [0.25, 0.3) is 0 Å². The third-order valence-corrected chi connectivity index (χ3v) is 1.87. The fourth-order valence-corrected chi connectivity index (χ4v) is 1.08. The molecular weight excluding hydrogens is 273 g/mol. The van der Waals surface area contributed by atoms with Gasteiger partial charge in [-0.15, -0.1) is 0 Å². The Kier molecular flexibility index (Phi) is 8.52. The molecule has 2 aliphatic carbocycles. The van der Waals surface area contributed by atoms with E-state index in [0.29, 0.717) is 0 Å². The SMILES string of the molecule is OC([C]1[CH][CH][CH][CH]1)C(F)(F)F.[CH]1[CH][CH][CH][CH]1.[Fe+2]. The van der Waals surface area contributed by atoms with Gasteiger partial charge in [0.15, 0.2) is 6.10 Å². The summed E-state index contributed by atoms with van der Waals surface area (Å²) in [5.74, 6) is -0.113. The summed E-state index contributed by atoms with van der Waals surface area (Å²) in [4.78, 5) is 0. The molecular formula is C12H11F3FeO+2. The second-order valence-electron chi connectivity index (χ2n) is 3.12. The van der Waals surface area contributed by atoms with Crippen LogP contribution in [-0.2, 0) is 17.1 Å². The van der Waals surface area contributed by atoms with Crippen molar-refractivity contribution in [3.05, 3.63) is 63.7 Å². The molecule has 0 amide bonds. The number of aliphatic hydroxyl groups is 1. The molecule has 1 atom stereocenters. The summed E-state index contributed by atoms with van der Waals surface area (Å²) in [6.45, 7) is 0. The zero-order valence-electron chi connectivity index (χ0n) is 8.71. The van der Waals surface area contributed by atoms with Crippen LogP contribution in [0.1, 0.15) is 0 Å². The van der Waals surface area contributed by atoms with Crippen LogP contribution in [0.2, 0.25) is 0 Å². The number of alkyl halides is 3. The maximum absolute atomic E-state index is 11.8. The molecule has 1 nitrogen and oxygen atoms in total. The van der Waals surface area contributed by atoms with Crippen molar-refractivity contribution in [3.8, 4) is 0 Å². The molecule has 0 spiro atoms. The van der Waals surface area contributed by atoms with E-state index in [2.05, 4.69) is 0 Å². The molecule has 0 heterocycles. The molecule has 2 saturated carbocycles. The molecule has 0 saturated heterocycles. The van der Waals surface area contributed by atoms with Gasteiger partial charge < -0.3 is 5.11 Å². The van der Waals surface area contributed by atoms with Gasteiger partial charge in [-0.2, -0.15) is 13.2 Å². The van der Waals surface area contributed by atoms with Gasteiger partial charge in [-0.05, 0) is 57.8 Å². The van der Waals surface area contributed by atoms with Crippen molar-refractivity contribution in [1.29, 1.82) is 0 Å². The first-order valence-electron chi connectivity index (χ1n) is 4.65. The Balaban J connectivity index is 0.000000360. The Hall–Kier alpha value is 0.269. The van der Waals surface area contributed by atoms with Crippen LogP contribution in [0.15, 0.2) is 0 Å². The molecule has 5 heteroatoms. The second kappa shape index (κ2) is 8.39. The van der Waals surface area contributed by atoms with Crippen LogP contribution < -0.4 is 0 Å². The quantitative estimate of drug-likeness (QED) is 0.733. The van der Waals surface area contributed by atoms with Crippen molar-refractivity contribution in [2.24, 2.45) is 0 Å². The number of hydrogen-bond donors (Lipinski definition) is 1. The fourth-order valence-electron chi connectivity index (χ4n) is 1.08. The van der Waals surface area contributed by atoms with Crippen molar-refractivity contribution >= 4 is 0 Å². The summed E-state index contributed by atoms with van der Waals surface area (Å²) in [5, 5.41) is 8.62. The van der Waals surface area contributed by atoms with Crippen molar-refractivity contribution in [2.75, 3.05) is 0 Å². The van der Waals surface area contributed by atoms with E-state index in [4.69, 9.17) is 5.11 Å². The zero-order valence-corrected chi connectivity index (χ0v) is 9.81. The standard InChI is InChI=1S/C7H6F3O.C5H5.Fe/c8-7(9,10)6(11)5-3-1-2-4-5;1-2-4-5-3-1;/h1-4,6,11H;1-5H;/q;;+2. The van der Waals surface area contributed by atoms with Crippen LogP contribution in [-0.4, -0.2) is 17.4 Å². The maximum Gasteiger partial charge on any atom is 2.00 e. The molecule has 2 aliphatic rings. The van der Waals surface area contributed by atoms with Crippen LogP contribution in [0.4, 0.5) is 13.2 Å². The Labute approximate surface area is 112 Å². The minimum Gasteiger partial charge on any atom is -0.383 e. The van der Waals surface area contributed by atoms with E-state index < -0.39 is 12.3 Å². The molecule has 10 radical (unpaired) electrons. The van der Waals surface area contributed by atoms with Crippen LogP contribution in [0, 0.1) is 63.7 Å². The molecule has 92 valence electrons. The third kappa shape index (κ3) is 6.68. The summed E-state index contributed by atoms with van der Waals surface area (Å²) >= 11 is 0. The van der Waals surface area contributed by atoms with E-state index in [1.807, 2.05) is 32.1 Å². The number of halogens is 3. The summed E-state index contributed by atoms with van der Waals surface area (Å²) in [7, 11) is 0. The predicted octanol–water partition coefficient (Wildman–Crippen LogP) is 2.33. The molecule has 0 aliphatic heterocycles. The van der Waals surface area contributed by atoms with Gasteiger partial charge >= 0.3 is 23.2 Å². The minimum absolute atomic E-state index is 0. The van der Waals surface area contributed by atoms with E-state index in [9.17, 15) is 13.2 Å². The van der Waals surface area contributed by atoms with E-state index in [1.165, 1.54) is 25.7 Å². The normalized spacial score (nSPS) is 22.6. The summed E-state index contributed by atoms with van der Waals surface area (Å²) in [6, 6.07) is 0. The van der Waals surface area contributed by atoms with Crippen molar-refractivity contribution in [1.82, 2.24) is 0 Å². The van der Waals surface area contributed by atoms with Gasteiger partial charge in [0, 0.05) is 5.92 Å². The van der Waals surface area contributed by atoms with Gasteiger partial charge in [0.25, 0.3) is 0 Å². The Bertz CT molecular complexity index is 179. The van der Waals surface area contributed by atoms with Gasteiger partial charge in [-0.3, -0.25) is 0 Å². The molecule has 0 aromatic rings. The van der Waals surface area contributed by atoms with Crippen LogP contribution >= 0.6 is 0 Å². The summed E-state index contributed by atoms with van der Waals surface area (Å²) < 4.78 is 35.3. The predicted molar refractivity (Wildman–Crippen MR) is 54.0 cm³/mol. The van der Waals surface area contributed by atoms with Crippen LogP contribution in [0.5, 0.6) is 0 Å². The van der Waals surface area contributed by atoms with Crippen molar-refractivity contribution in [3.63, 3.8) is 0 Å². The average molecular weight is 284 g/mol. The molecule has 1 N–H and O–H groups in total. The smallest absolute Gasteiger partial charge is 0.383 e. The van der Waals surface area contributed by atoms with Gasteiger partial charge in [0.05, 0.1) is 0 Å². The summed E-state index contributed by atoms with van der Waals surface area (Å²) in [6.07, 6.45) is 8.46. The van der Waals surface area contributed by atoms with Gasteiger partial charge in [0.1, 0.15) is 0 Å². The van der Waals surface area contributed by atoms with E-state index in [0.717, 1.165) is 0 Å². The molecule has 0 bridgehead atoms. The minimum atomic E-state index is -4.56. The first kappa shape index (κ1) is 17.3. The number of aliphatic hydroxyl groups excluding tert-OH is 1. The molecule has 2 fully saturated rings. The molecule has 0 aromatic heterocycles. The topological polar surface area (TPSA) is 20.2 Å². The molecule has 1 unspecified atom stereocenters. The Morgan fingerprint density at radius 1 is 0.824 bits per heavy atom. The van der Waals surface area contributed by atoms with Gasteiger partial charge in [-0.25, -0.2) is 0 Å².